The van der Waals surface area contributed by atoms with Crippen molar-refractivity contribution < 1.29 is 9.47 Å². The Bertz CT molecular complexity index is 654. The zero-order valence-corrected chi connectivity index (χ0v) is 15.9. The third-order valence-corrected chi connectivity index (χ3v) is 5.19. The summed E-state index contributed by atoms with van der Waals surface area (Å²) >= 11 is 0. The van der Waals surface area contributed by atoms with Gasteiger partial charge in [0.25, 0.3) is 0 Å². The Morgan fingerprint density at radius 2 is 1.60 bits per heavy atom. The van der Waals surface area contributed by atoms with Crippen molar-refractivity contribution in [2.75, 3.05) is 20.8 Å². The van der Waals surface area contributed by atoms with E-state index in [1.165, 1.54) is 36.8 Å². The maximum absolute atomic E-state index is 5.51. The minimum absolute atomic E-state index is 0. The SMILES string of the molecule is COc1ccc(C2(CNCc3ccccc3)CCCC2)cc1OC.Cl. The highest BCUT2D eigenvalue weighted by Crippen LogP contribution is 2.43. The molecule has 1 N–H and O–H groups in total. The molecule has 4 heteroatoms. The summed E-state index contributed by atoms with van der Waals surface area (Å²) in [4.78, 5) is 0. The molecule has 2 aromatic carbocycles. The van der Waals surface area contributed by atoms with Gasteiger partial charge in [-0.15, -0.1) is 12.4 Å². The zero-order chi connectivity index (χ0) is 16.8. The summed E-state index contributed by atoms with van der Waals surface area (Å²) in [5.41, 5.74) is 2.89. The van der Waals surface area contributed by atoms with Crippen molar-refractivity contribution in [3.05, 3.63) is 59.7 Å². The molecule has 1 saturated carbocycles. The predicted octanol–water partition coefficient (Wildman–Crippen LogP) is 4.73. The molecule has 1 aliphatic carbocycles. The first-order valence-electron chi connectivity index (χ1n) is 8.74. The number of rotatable bonds is 7. The van der Waals surface area contributed by atoms with Gasteiger partial charge in [-0.25, -0.2) is 0 Å². The Labute approximate surface area is 157 Å². The van der Waals surface area contributed by atoms with E-state index in [1.807, 2.05) is 6.07 Å². The molecule has 25 heavy (non-hydrogen) atoms. The van der Waals surface area contributed by atoms with Crippen LogP contribution in [0.4, 0.5) is 0 Å². The maximum Gasteiger partial charge on any atom is 0.161 e. The van der Waals surface area contributed by atoms with E-state index in [0.717, 1.165) is 24.6 Å². The Morgan fingerprint density at radius 1 is 0.920 bits per heavy atom. The molecule has 3 nitrogen and oxygen atoms in total. The first-order chi connectivity index (χ1) is 11.8. The number of ether oxygens (including phenoxy) is 2. The van der Waals surface area contributed by atoms with Crippen molar-refractivity contribution in [2.24, 2.45) is 0 Å². The lowest BCUT2D eigenvalue weighted by Crippen LogP contribution is -2.35. The number of hydrogen-bond acceptors (Lipinski definition) is 3. The fourth-order valence-electron chi connectivity index (χ4n) is 3.83. The lowest BCUT2D eigenvalue weighted by molar-refractivity contribution is 0.350. The van der Waals surface area contributed by atoms with Crippen molar-refractivity contribution in [3.8, 4) is 11.5 Å². The summed E-state index contributed by atoms with van der Waals surface area (Å²) in [6, 6.07) is 17.0. The molecule has 1 fully saturated rings. The fourth-order valence-corrected chi connectivity index (χ4v) is 3.83. The molecule has 0 spiro atoms. The smallest absolute Gasteiger partial charge is 0.161 e. The van der Waals surface area contributed by atoms with Gasteiger partial charge in [-0.3, -0.25) is 0 Å². The molecule has 0 atom stereocenters. The van der Waals surface area contributed by atoms with Crippen molar-refractivity contribution in [2.45, 2.75) is 37.6 Å². The number of methoxy groups -OCH3 is 2. The van der Waals surface area contributed by atoms with E-state index in [9.17, 15) is 0 Å². The molecule has 0 radical (unpaired) electrons. The van der Waals surface area contributed by atoms with Crippen molar-refractivity contribution >= 4 is 12.4 Å². The quantitative estimate of drug-likeness (QED) is 0.773. The van der Waals surface area contributed by atoms with Gasteiger partial charge < -0.3 is 14.8 Å². The van der Waals surface area contributed by atoms with Gasteiger partial charge in [0.1, 0.15) is 0 Å². The molecular formula is C21H28ClNO2. The Morgan fingerprint density at radius 3 is 2.24 bits per heavy atom. The lowest BCUT2D eigenvalue weighted by Gasteiger charge is -2.31. The van der Waals surface area contributed by atoms with Gasteiger partial charge in [0, 0.05) is 18.5 Å². The van der Waals surface area contributed by atoms with E-state index in [2.05, 4.69) is 47.8 Å². The topological polar surface area (TPSA) is 30.5 Å². The first kappa shape index (κ1) is 19.6. The number of halogens is 1. The highest BCUT2D eigenvalue weighted by molar-refractivity contribution is 5.85. The average Bonchev–Trinajstić information content (AvgIpc) is 3.12. The molecule has 136 valence electrons. The molecule has 0 amide bonds. The van der Waals surface area contributed by atoms with E-state index in [4.69, 9.17) is 9.47 Å². The van der Waals surface area contributed by atoms with Crippen LogP contribution < -0.4 is 14.8 Å². The minimum Gasteiger partial charge on any atom is -0.493 e. The van der Waals surface area contributed by atoms with Gasteiger partial charge in [0.2, 0.25) is 0 Å². The predicted molar refractivity (Wildman–Crippen MR) is 105 cm³/mol. The van der Waals surface area contributed by atoms with Crippen LogP contribution in [0.1, 0.15) is 36.8 Å². The second kappa shape index (κ2) is 9.12. The third-order valence-electron chi connectivity index (χ3n) is 5.19. The van der Waals surface area contributed by atoms with Crippen molar-refractivity contribution in [1.29, 1.82) is 0 Å². The van der Waals surface area contributed by atoms with Gasteiger partial charge >= 0.3 is 0 Å². The van der Waals surface area contributed by atoms with E-state index in [0.29, 0.717) is 0 Å². The van der Waals surface area contributed by atoms with E-state index < -0.39 is 0 Å². The maximum atomic E-state index is 5.51. The average molecular weight is 362 g/mol. The Kier molecular flexibility index (Phi) is 7.15. The van der Waals surface area contributed by atoms with Crippen LogP contribution in [0, 0.1) is 0 Å². The summed E-state index contributed by atoms with van der Waals surface area (Å²) in [7, 11) is 3.39. The fraction of sp³-hybridized carbons (Fsp3) is 0.429. The second-order valence-corrected chi connectivity index (χ2v) is 6.65. The van der Waals surface area contributed by atoms with E-state index in [1.54, 1.807) is 14.2 Å². The molecule has 3 rings (SSSR count). The first-order valence-corrected chi connectivity index (χ1v) is 8.74. The molecule has 0 saturated heterocycles. The number of nitrogens with one attached hydrogen (secondary N) is 1. The highest BCUT2D eigenvalue weighted by atomic mass is 35.5. The van der Waals surface area contributed by atoms with Gasteiger partial charge in [0.05, 0.1) is 14.2 Å². The van der Waals surface area contributed by atoms with Gasteiger partial charge in [0.15, 0.2) is 11.5 Å². The molecule has 2 aromatic rings. The summed E-state index contributed by atoms with van der Waals surface area (Å²) in [5.74, 6) is 1.62. The summed E-state index contributed by atoms with van der Waals surface area (Å²) in [5, 5.41) is 3.68. The molecule has 0 aliphatic heterocycles. The van der Waals surface area contributed by atoms with E-state index in [-0.39, 0.29) is 17.8 Å². The Hall–Kier alpha value is -1.71. The molecule has 0 heterocycles. The van der Waals surface area contributed by atoms with Crippen LogP contribution in [0.25, 0.3) is 0 Å². The Balaban J connectivity index is 0.00000225. The van der Waals surface area contributed by atoms with Gasteiger partial charge in [-0.2, -0.15) is 0 Å². The number of hydrogen-bond donors (Lipinski definition) is 1. The van der Waals surface area contributed by atoms with Crippen LogP contribution in [0.15, 0.2) is 48.5 Å². The van der Waals surface area contributed by atoms with Crippen LogP contribution in [-0.4, -0.2) is 20.8 Å². The third kappa shape index (κ3) is 4.47. The van der Waals surface area contributed by atoms with Crippen molar-refractivity contribution in [3.63, 3.8) is 0 Å². The summed E-state index contributed by atoms with van der Waals surface area (Å²) in [6.07, 6.45) is 5.04. The van der Waals surface area contributed by atoms with Crippen LogP contribution >= 0.6 is 12.4 Å². The van der Waals surface area contributed by atoms with Gasteiger partial charge in [-0.1, -0.05) is 49.2 Å². The highest BCUT2D eigenvalue weighted by Gasteiger charge is 2.35. The van der Waals surface area contributed by atoms with Crippen LogP contribution in [-0.2, 0) is 12.0 Å². The largest absolute Gasteiger partial charge is 0.493 e. The normalized spacial score (nSPS) is 15.4. The summed E-state index contributed by atoms with van der Waals surface area (Å²) in [6.45, 7) is 1.91. The second-order valence-electron chi connectivity index (χ2n) is 6.65. The molecular weight excluding hydrogens is 334 g/mol. The van der Waals surface area contributed by atoms with E-state index >= 15 is 0 Å². The standard InChI is InChI=1S/C21H27NO2.ClH/c1-23-19-11-10-18(14-20(19)24-2)21(12-6-7-13-21)16-22-15-17-8-4-3-5-9-17;/h3-5,8-11,14,22H,6-7,12-13,15-16H2,1-2H3;1H. The van der Waals surface area contributed by atoms with Crippen molar-refractivity contribution in [1.82, 2.24) is 5.32 Å². The van der Waals surface area contributed by atoms with Crippen LogP contribution in [0.2, 0.25) is 0 Å². The minimum atomic E-state index is 0. The number of benzene rings is 2. The lowest BCUT2D eigenvalue weighted by atomic mass is 9.78. The van der Waals surface area contributed by atoms with Crippen LogP contribution in [0.5, 0.6) is 11.5 Å². The van der Waals surface area contributed by atoms with Gasteiger partial charge in [-0.05, 0) is 36.1 Å². The monoisotopic (exact) mass is 361 g/mol. The van der Waals surface area contributed by atoms with Crippen LogP contribution in [0.3, 0.4) is 0 Å². The summed E-state index contributed by atoms with van der Waals surface area (Å²) < 4.78 is 10.9. The molecule has 0 bridgehead atoms. The molecule has 1 aliphatic rings. The zero-order valence-electron chi connectivity index (χ0n) is 15.1. The molecule has 0 aromatic heterocycles. The molecule has 0 unspecified atom stereocenters.